The second-order valence-electron chi connectivity index (χ2n) is 2.80. The summed E-state index contributed by atoms with van der Waals surface area (Å²) in [5.41, 5.74) is 1.81. The Morgan fingerprint density at radius 3 is 3.00 bits per heavy atom. The summed E-state index contributed by atoms with van der Waals surface area (Å²) < 4.78 is 21.0. The largest absolute Gasteiger partial charge is 0.772 e. The third kappa shape index (κ3) is 1.64. The molecule has 2 rings (SSSR count). The summed E-state index contributed by atoms with van der Waals surface area (Å²) in [4.78, 5) is 3.03. The van der Waals surface area contributed by atoms with E-state index in [1.165, 1.54) is 0 Å². The smallest absolute Gasteiger partial charge is 0.0457 e. The molecule has 0 bridgehead atoms. The van der Waals surface area contributed by atoms with E-state index >= 15 is 0 Å². The highest BCUT2D eigenvalue weighted by atomic mass is 32.2. The monoisotopic (exact) mass is 194 g/mol. The van der Waals surface area contributed by atoms with E-state index in [9.17, 15) is 8.76 Å². The van der Waals surface area contributed by atoms with Crippen LogP contribution < -0.4 is 0 Å². The first-order valence-electron chi connectivity index (χ1n) is 3.88. The number of nitrogens with one attached hydrogen (secondary N) is 1. The normalized spacial score (nSPS) is 13.3. The van der Waals surface area contributed by atoms with Gasteiger partial charge in [0.05, 0.1) is 0 Å². The Kier molecular flexibility index (Phi) is 2.16. The molecule has 0 spiro atoms. The first kappa shape index (κ1) is 8.47. The molecular formula is C9H8NO2S-. The van der Waals surface area contributed by atoms with Crippen molar-refractivity contribution in [2.45, 2.75) is 5.75 Å². The van der Waals surface area contributed by atoms with Gasteiger partial charge < -0.3 is 9.54 Å². The molecule has 1 aromatic heterocycles. The zero-order chi connectivity index (χ0) is 9.26. The molecule has 1 unspecified atom stereocenters. The molecule has 0 saturated heterocycles. The number of fused-ring (bicyclic) bond motifs is 1. The van der Waals surface area contributed by atoms with Crippen molar-refractivity contribution in [1.82, 2.24) is 4.98 Å². The van der Waals surface area contributed by atoms with Gasteiger partial charge in [-0.3, -0.25) is 4.21 Å². The van der Waals surface area contributed by atoms with Crippen molar-refractivity contribution < 1.29 is 8.76 Å². The van der Waals surface area contributed by atoms with Crippen molar-refractivity contribution in [3.8, 4) is 0 Å². The Hall–Kier alpha value is -1.13. The Labute approximate surface area is 78.1 Å². The summed E-state index contributed by atoms with van der Waals surface area (Å²) >= 11 is -2.02. The van der Waals surface area contributed by atoms with Gasteiger partial charge in [0, 0.05) is 22.9 Å². The predicted molar refractivity (Wildman–Crippen MR) is 50.9 cm³/mol. The van der Waals surface area contributed by atoms with E-state index in [2.05, 4.69) is 4.98 Å². The molecule has 0 radical (unpaired) electrons. The van der Waals surface area contributed by atoms with Crippen LogP contribution in [-0.4, -0.2) is 13.7 Å². The lowest BCUT2D eigenvalue weighted by atomic mass is 10.1. The summed E-state index contributed by atoms with van der Waals surface area (Å²) in [6.45, 7) is 0. The standard InChI is InChI=1S/C9H9NO2S/c11-13(12)6-7-2-1-3-9-8(7)4-5-10-9/h1-5,10H,6H2,(H,11,12)/p-1. The lowest BCUT2D eigenvalue weighted by Gasteiger charge is -2.05. The van der Waals surface area contributed by atoms with Gasteiger partial charge in [-0.05, 0) is 17.7 Å². The summed E-state index contributed by atoms with van der Waals surface area (Å²) in [6.07, 6.45) is 1.81. The average molecular weight is 194 g/mol. The molecule has 1 heterocycles. The second-order valence-corrected chi connectivity index (χ2v) is 3.70. The zero-order valence-electron chi connectivity index (χ0n) is 6.82. The van der Waals surface area contributed by atoms with Crippen LogP contribution in [0.4, 0.5) is 0 Å². The summed E-state index contributed by atoms with van der Waals surface area (Å²) in [5.74, 6) is 0.0786. The van der Waals surface area contributed by atoms with Gasteiger partial charge in [-0.25, -0.2) is 0 Å². The molecular weight excluding hydrogens is 186 g/mol. The molecule has 68 valence electrons. The van der Waals surface area contributed by atoms with E-state index in [-0.39, 0.29) is 5.75 Å². The van der Waals surface area contributed by atoms with Crippen LogP contribution in [-0.2, 0) is 16.8 Å². The summed E-state index contributed by atoms with van der Waals surface area (Å²) in [5, 5.41) is 0.978. The van der Waals surface area contributed by atoms with E-state index in [4.69, 9.17) is 0 Å². The maximum atomic E-state index is 10.5. The van der Waals surface area contributed by atoms with Gasteiger partial charge in [0.2, 0.25) is 0 Å². The molecule has 1 N–H and O–H groups in total. The van der Waals surface area contributed by atoms with Crippen LogP contribution >= 0.6 is 0 Å². The molecule has 3 nitrogen and oxygen atoms in total. The van der Waals surface area contributed by atoms with Crippen molar-refractivity contribution in [1.29, 1.82) is 0 Å². The lowest BCUT2D eigenvalue weighted by Crippen LogP contribution is -1.93. The number of rotatable bonds is 2. The Balaban J connectivity index is 2.54. The summed E-state index contributed by atoms with van der Waals surface area (Å²) in [6, 6.07) is 7.48. The van der Waals surface area contributed by atoms with Gasteiger partial charge in [-0.1, -0.05) is 23.2 Å². The van der Waals surface area contributed by atoms with Crippen LogP contribution in [0.1, 0.15) is 5.56 Å². The second kappa shape index (κ2) is 3.32. The molecule has 2 aromatic rings. The number of aromatic amines is 1. The van der Waals surface area contributed by atoms with E-state index in [0.29, 0.717) is 0 Å². The van der Waals surface area contributed by atoms with Gasteiger partial charge in [0.15, 0.2) is 0 Å². The molecule has 0 amide bonds. The van der Waals surface area contributed by atoms with Crippen molar-refractivity contribution in [2.75, 3.05) is 0 Å². The topological polar surface area (TPSA) is 55.9 Å². The van der Waals surface area contributed by atoms with Gasteiger partial charge in [-0.15, -0.1) is 0 Å². The first-order chi connectivity index (χ1) is 6.27. The minimum absolute atomic E-state index is 0.0786. The maximum Gasteiger partial charge on any atom is 0.0457 e. The molecule has 0 aliphatic heterocycles. The SMILES string of the molecule is O=S([O-])Cc1cccc2[nH]ccc12. The van der Waals surface area contributed by atoms with Crippen LogP contribution in [0.3, 0.4) is 0 Å². The molecule has 0 saturated carbocycles. The van der Waals surface area contributed by atoms with Gasteiger partial charge in [0.25, 0.3) is 0 Å². The minimum atomic E-state index is -2.02. The zero-order valence-corrected chi connectivity index (χ0v) is 7.64. The Bertz CT molecular complexity index is 450. The fourth-order valence-corrected chi connectivity index (χ4v) is 1.91. The lowest BCUT2D eigenvalue weighted by molar-refractivity contribution is 0.536. The van der Waals surface area contributed by atoms with Crippen LogP contribution in [0, 0.1) is 0 Å². The third-order valence-electron chi connectivity index (χ3n) is 1.96. The Morgan fingerprint density at radius 2 is 2.23 bits per heavy atom. The van der Waals surface area contributed by atoms with Crippen molar-refractivity contribution in [3.05, 3.63) is 36.0 Å². The van der Waals surface area contributed by atoms with Gasteiger partial charge >= 0.3 is 0 Å². The maximum absolute atomic E-state index is 10.5. The molecule has 4 heteroatoms. The van der Waals surface area contributed by atoms with Crippen LogP contribution in [0.5, 0.6) is 0 Å². The highest BCUT2D eigenvalue weighted by Crippen LogP contribution is 2.18. The number of hydrogen-bond acceptors (Lipinski definition) is 2. The van der Waals surface area contributed by atoms with Crippen molar-refractivity contribution in [2.24, 2.45) is 0 Å². The minimum Gasteiger partial charge on any atom is -0.772 e. The number of benzene rings is 1. The number of H-pyrrole nitrogens is 1. The summed E-state index contributed by atoms with van der Waals surface area (Å²) in [7, 11) is 0. The van der Waals surface area contributed by atoms with Crippen molar-refractivity contribution >= 4 is 22.0 Å². The van der Waals surface area contributed by atoms with Gasteiger partial charge in [-0.2, -0.15) is 0 Å². The molecule has 1 aromatic carbocycles. The molecule has 0 aliphatic carbocycles. The highest BCUT2D eigenvalue weighted by molar-refractivity contribution is 7.78. The Morgan fingerprint density at radius 1 is 1.38 bits per heavy atom. The molecule has 0 aliphatic rings. The first-order valence-corrected chi connectivity index (χ1v) is 5.12. The fraction of sp³-hybridized carbons (Fsp3) is 0.111. The van der Waals surface area contributed by atoms with E-state index in [0.717, 1.165) is 16.5 Å². The van der Waals surface area contributed by atoms with Crippen LogP contribution in [0.2, 0.25) is 0 Å². The van der Waals surface area contributed by atoms with Crippen LogP contribution in [0.25, 0.3) is 10.9 Å². The molecule has 1 atom stereocenters. The third-order valence-corrected chi connectivity index (χ3v) is 2.51. The number of hydrogen-bond donors (Lipinski definition) is 1. The van der Waals surface area contributed by atoms with E-state index < -0.39 is 11.1 Å². The van der Waals surface area contributed by atoms with E-state index in [1.54, 1.807) is 0 Å². The van der Waals surface area contributed by atoms with E-state index in [1.807, 2.05) is 30.5 Å². The predicted octanol–water partition coefficient (Wildman–Crippen LogP) is 1.55. The quantitative estimate of drug-likeness (QED) is 0.737. The molecule has 13 heavy (non-hydrogen) atoms. The van der Waals surface area contributed by atoms with Gasteiger partial charge in [0.1, 0.15) is 0 Å². The van der Waals surface area contributed by atoms with Crippen molar-refractivity contribution in [3.63, 3.8) is 0 Å². The van der Waals surface area contributed by atoms with Crippen LogP contribution in [0.15, 0.2) is 30.5 Å². The fourth-order valence-electron chi connectivity index (χ4n) is 1.40. The molecule has 0 fully saturated rings. The average Bonchev–Trinajstić information content (AvgIpc) is 2.51. The number of aromatic nitrogens is 1. The highest BCUT2D eigenvalue weighted by Gasteiger charge is 2.00.